The molecule has 1 aliphatic heterocycles. The maximum absolute atomic E-state index is 13.2. The Bertz CT molecular complexity index is 1340. The van der Waals surface area contributed by atoms with Crippen molar-refractivity contribution in [2.45, 2.75) is 26.3 Å². The zero-order valence-corrected chi connectivity index (χ0v) is 20.7. The highest BCUT2D eigenvalue weighted by molar-refractivity contribution is 6.46. The molecule has 2 N–H and O–H groups in total. The summed E-state index contributed by atoms with van der Waals surface area (Å²) in [6.45, 7) is 4.11. The number of rotatable bonds is 7. The number of aromatic hydroxyl groups is 1. The minimum Gasteiger partial charge on any atom is -0.508 e. The van der Waals surface area contributed by atoms with E-state index in [1.165, 1.54) is 17.0 Å². The smallest absolute Gasteiger partial charge is 0.295 e. The van der Waals surface area contributed by atoms with Crippen LogP contribution < -0.4 is 9.47 Å². The SMILES string of the molecule is COc1ccc(CCN2C(=O)C(=O)/C(=C(\O)c3ccc(C)c(C)c3)C2c2ccc(O)cc2)cc1OC. The Hall–Kier alpha value is -4.26. The van der Waals surface area contributed by atoms with Gasteiger partial charge in [-0.05, 0) is 72.9 Å². The molecule has 1 saturated heterocycles. The molecule has 0 aliphatic carbocycles. The lowest BCUT2D eigenvalue weighted by Crippen LogP contribution is -2.31. The lowest BCUT2D eigenvalue weighted by Gasteiger charge is -2.25. The van der Waals surface area contributed by atoms with E-state index in [-0.39, 0.29) is 23.6 Å². The highest BCUT2D eigenvalue weighted by Gasteiger charge is 2.45. The minimum absolute atomic E-state index is 0.0289. The molecule has 1 amide bonds. The van der Waals surface area contributed by atoms with Crippen molar-refractivity contribution in [2.75, 3.05) is 20.8 Å². The van der Waals surface area contributed by atoms with Gasteiger partial charge in [-0.3, -0.25) is 9.59 Å². The number of nitrogens with zero attached hydrogens (tertiary/aromatic N) is 1. The lowest BCUT2D eigenvalue weighted by atomic mass is 9.94. The average molecular weight is 488 g/mol. The van der Waals surface area contributed by atoms with Gasteiger partial charge >= 0.3 is 0 Å². The fraction of sp³-hybridized carbons (Fsp3) is 0.241. The molecule has 0 saturated carbocycles. The summed E-state index contributed by atoms with van der Waals surface area (Å²) in [5.74, 6) is -0.408. The van der Waals surface area contributed by atoms with Gasteiger partial charge in [-0.25, -0.2) is 0 Å². The van der Waals surface area contributed by atoms with E-state index in [4.69, 9.17) is 9.47 Å². The Morgan fingerprint density at radius 3 is 2.22 bits per heavy atom. The van der Waals surface area contributed by atoms with Gasteiger partial charge in [0.15, 0.2) is 11.5 Å². The van der Waals surface area contributed by atoms with E-state index in [9.17, 15) is 19.8 Å². The summed E-state index contributed by atoms with van der Waals surface area (Å²) in [5, 5.41) is 21.0. The molecule has 1 heterocycles. The van der Waals surface area contributed by atoms with Crippen LogP contribution in [0.3, 0.4) is 0 Å². The van der Waals surface area contributed by atoms with Gasteiger partial charge in [-0.1, -0.05) is 30.3 Å². The van der Waals surface area contributed by atoms with Crippen LogP contribution in [0.2, 0.25) is 0 Å². The van der Waals surface area contributed by atoms with E-state index in [0.717, 1.165) is 16.7 Å². The van der Waals surface area contributed by atoms with Crippen molar-refractivity contribution in [1.29, 1.82) is 0 Å². The molecule has 4 rings (SSSR count). The van der Waals surface area contributed by atoms with Crippen molar-refractivity contribution in [1.82, 2.24) is 4.90 Å². The molecule has 1 fully saturated rings. The van der Waals surface area contributed by atoms with Crippen molar-refractivity contribution in [3.63, 3.8) is 0 Å². The molecule has 3 aromatic rings. The number of Topliss-reactive ketones (excluding diaryl/α,β-unsaturated/α-hetero) is 1. The average Bonchev–Trinajstić information content (AvgIpc) is 3.13. The summed E-state index contributed by atoms with van der Waals surface area (Å²) >= 11 is 0. The van der Waals surface area contributed by atoms with Gasteiger partial charge in [-0.15, -0.1) is 0 Å². The van der Waals surface area contributed by atoms with Gasteiger partial charge in [0, 0.05) is 12.1 Å². The Balaban J connectivity index is 1.75. The van der Waals surface area contributed by atoms with E-state index >= 15 is 0 Å². The van der Waals surface area contributed by atoms with Crippen LogP contribution in [-0.4, -0.2) is 47.6 Å². The number of aliphatic hydroxyl groups is 1. The molecular weight excluding hydrogens is 458 g/mol. The number of ether oxygens (including phenoxy) is 2. The van der Waals surface area contributed by atoms with Crippen LogP contribution in [0.25, 0.3) is 5.76 Å². The third-order valence-corrected chi connectivity index (χ3v) is 6.62. The molecule has 0 aromatic heterocycles. The van der Waals surface area contributed by atoms with Crippen LogP contribution in [0.4, 0.5) is 0 Å². The molecule has 1 atom stereocenters. The zero-order chi connectivity index (χ0) is 26.0. The number of phenolic OH excluding ortho intramolecular Hbond substituents is 1. The van der Waals surface area contributed by atoms with Crippen molar-refractivity contribution in [2.24, 2.45) is 0 Å². The number of aryl methyl sites for hydroxylation is 2. The topological polar surface area (TPSA) is 96.3 Å². The maximum atomic E-state index is 13.2. The lowest BCUT2D eigenvalue weighted by molar-refractivity contribution is -0.139. The summed E-state index contributed by atoms with van der Waals surface area (Å²) < 4.78 is 10.7. The highest BCUT2D eigenvalue weighted by atomic mass is 16.5. The molecule has 0 bridgehead atoms. The number of ketones is 1. The van der Waals surface area contributed by atoms with Crippen LogP contribution in [0.5, 0.6) is 17.2 Å². The van der Waals surface area contributed by atoms with Gasteiger partial charge in [0.2, 0.25) is 0 Å². The van der Waals surface area contributed by atoms with Crippen LogP contribution in [0.15, 0.2) is 66.2 Å². The molecule has 36 heavy (non-hydrogen) atoms. The first kappa shape index (κ1) is 24.9. The fourth-order valence-corrected chi connectivity index (χ4v) is 4.44. The Morgan fingerprint density at radius 1 is 0.889 bits per heavy atom. The number of hydrogen-bond acceptors (Lipinski definition) is 6. The summed E-state index contributed by atoms with van der Waals surface area (Å²) in [5.41, 5.74) is 4.03. The number of aliphatic hydroxyl groups excluding tert-OH is 1. The Labute approximate surface area is 210 Å². The maximum Gasteiger partial charge on any atom is 0.295 e. The van der Waals surface area contributed by atoms with Crippen molar-refractivity contribution in [3.8, 4) is 17.2 Å². The molecule has 0 spiro atoms. The first-order valence-corrected chi connectivity index (χ1v) is 11.6. The summed E-state index contributed by atoms with van der Waals surface area (Å²) in [7, 11) is 3.11. The van der Waals surface area contributed by atoms with Crippen molar-refractivity contribution >= 4 is 17.4 Å². The Kier molecular flexibility index (Phi) is 7.01. The molecule has 1 aliphatic rings. The highest BCUT2D eigenvalue weighted by Crippen LogP contribution is 2.40. The molecule has 0 radical (unpaired) electrons. The van der Waals surface area contributed by atoms with Gasteiger partial charge in [-0.2, -0.15) is 0 Å². The van der Waals surface area contributed by atoms with Crippen molar-refractivity contribution in [3.05, 3.63) is 94.1 Å². The van der Waals surface area contributed by atoms with E-state index in [1.807, 2.05) is 32.0 Å². The summed E-state index contributed by atoms with van der Waals surface area (Å²) in [6, 6.07) is 16.4. The van der Waals surface area contributed by atoms with Gasteiger partial charge in [0.1, 0.15) is 11.5 Å². The predicted molar refractivity (Wildman–Crippen MR) is 136 cm³/mol. The third kappa shape index (κ3) is 4.64. The normalized spacial score (nSPS) is 16.9. The number of phenols is 1. The molecule has 3 aromatic carbocycles. The quantitative estimate of drug-likeness (QED) is 0.285. The standard InChI is InChI=1S/C29H29NO6/c1-17-5-7-21(15-18(17)2)27(32)25-26(20-8-10-22(31)11-9-20)30(29(34)28(25)33)14-13-19-6-12-23(35-3)24(16-19)36-4/h5-12,15-16,26,31-32H,13-14H2,1-4H3/b27-25-. The minimum atomic E-state index is -0.799. The van der Waals surface area contributed by atoms with E-state index in [1.54, 1.807) is 44.6 Å². The van der Waals surface area contributed by atoms with Crippen molar-refractivity contribution < 1.29 is 29.3 Å². The number of amides is 1. The summed E-state index contributed by atoms with van der Waals surface area (Å²) in [4.78, 5) is 27.9. The molecule has 7 heteroatoms. The second-order valence-corrected chi connectivity index (χ2v) is 8.82. The molecular formula is C29H29NO6. The van der Waals surface area contributed by atoms with E-state index in [0.29, 0.717) is 29.0 Å². The third-order valence-electron chi connectivity index (χ3n) is 6.62. The van der Waals surface area contributed by atoms with Crippen LogP contribution >= 0.6 is 0 Å². The van der Waals surface area contributed by atoms with Crippen LogP contribution in [0, 0.1) is 13.8 Å². The molecule has 7 nitrogen and oxygen atoms in total. The zero-order valence-electron chi connectivity index (χ0n) is 20.7. The molecule has 1 unspecified atom stereocenters. The first-order valence-electron chi connectivity index (χ1n) is 11.6. The van der Waals surface area contributed by atoms with Crippen LogP contribution in [0.1, 0.15) is 33.9 Å². The van der Waals surface area contributed by atoms with Gasteiger partial charge in [0.25, 0.3) is 11.7 Å². The van der Waals surface area contributed by atoms with Gasteiger partial charge < -0.3 is 24.6 Å². The van der Waals surface area contributed by atoms with E-state index in [2.05, 4.69) is 0 Å². The second-order valence-electron chi connectivity index (χ2n) is 8.82. The number of carbonyl (C=O) groups excluding carboxylic acids is 2. The van der Waals surface area contributed by atoms with Gasteiger partial charge in [0.05, 0.1) is 25.8 Å². The Morgan fingerprint density at radius 2 is 1.58 bits per heavy atom. The monoisotopic (exact) mass is 487 g/mol. The number of carbonyl (C=O) groups is 2. The number of benzene rings is 3. The van der Waals surface area contributed by atoms with Crippen LogP contribution in [-0.2, 0) is 16.0 Å². The molecule has 186 valence electrons. The first-order chi connectivity index (χ1) is 17.2. The fourth-order valence-electron chi connectivity index (χ4n) is 4.44. The second kappa shape index (κ2) is 10.2. The van der Waals surface area contributed by atoms with E-state index < -0.39 is 17.7 Å². The largest absolute Gasteiger partial charge is 0.508 e. The number of hydrogen-bond donors (Lipinski definition) is 2. The predicted octanol–water partition coefficient (Wildman–Crippen LogP) is 4.69. The number of methoxy groups -OCH3 is 2. The summed E-state index contributed by atoms with van der Waals surface area (Å²) in [6.07, 6.45) is 0.450. The number of likely N-dealkylation sites (tertiary alicyclic amines) is 1.